The van der Waals surface area contributed by atoms with Crippen LogP contribution in [0.3, 0.4) is 0 Å². The van der Waals surface area contributed by atoms with Crippen LogP contribution < -0.4 is 15.5 Å². The first-order chi connectivity index (χ1) is 17.8. The lowest BCUT2D eigenvalue weighted by molar-refractivity contribution is -0.131. The predicted octanol–water partition coefficient (Wildman–Crippen LogP) is 3.34. The summed E-state index contributed by atoms with van der Waals surface area (Å²) in [4.78, 5) is 61.2. The normalized spacial score (nSPS) is 18.2. The first-order valence-electron chi connectivity index (χ1n) is 12.7. The van der Waals surface area contributed by atoms with Crippen LogP contribution in [-0.2, 0) is 14.4 Å². The molecule has 0 radical (unpaired) electrons. The van der Waals surface area contributed by atoms with Crippen molar-refractivity contribution in [1.82, 2.24) is 4.90 Å². The summed E-state index contributed by atoms with van der Waals surface area (Å²) in [5.74, 6) is -0.785. The van der Waals surface area contributed by atoms with Gasteiger partial charge in [0.1, 0.15) is 12.3 Å². The molecule has 0 saturated carbocycles. The Labute approximate surface area is 216 Å². The van der Waals surface area contributed by atoms with E-state index in [1.54, 1.807) is 35.2 Å². The first-order valence-corrected chi connectivity index (χ1v) is 12.7. The van der Waals surface area contributed by atoms with Gasteiger partial charge < -0.3 is 10.6 Å². The van der Waals surface area contributed by atoms with E-state index in [1.807, 2.05) is 26.0 Å². The van der Waals surface area contributed by atoms with Crippen LogP contribution >= 0.6 is 0 Å². The van der Waals surface area contributed by atoms with Crippen molar-refractivity contribution in [2.24, 2.45) is 10.7 Å². The molecule has 0 aliphatic carbocycles. The van der Waals surface area contributed by atoms with Crippen LogP contribution in [0, 0.1) is 13.8 Å². The molecular formula is C28H33N5O4. The Bertz CT molecular complexity index is 1230. The van der Waals surface area contributed by atoms with E-state index in [2.05, 4.69) is 4.99 Å². The molecule has 2 aliphatic heterocycles. The second kappa shape index (κ2) is 11.4. The van der Waals surface area contributed by atoms with Gasteiger partial charge in [-0.15, -0.1) is 0 Å². The molecule has 9 heteroatoms. The minimum absolute atomic E-state index is 0.0113. The Hall–Kier alpha value is -4.01. The van der Waals surface area contributed by atoms with Crippen molar-refractivity contribution in [1.29, 1.82) is 0 Å². The molecule has 4 rings (SSSR count). The monoisotopic (exact) mass is 503 g/mol. The summed E-state index contributed by atoms with van der Waals surface area (Å²) in [5.41, 5.74) is 8.58. The molecule has 9 nitrogen and oxygen atoms in total. The zero-order valence-electron chi connectivity index (χ0n) is 21.4. The van der Waals surface area contributed by atoms with Crippen LogP contribution in [0.25, 0.3) is 0 Å². The Morgan fingerprint density at radius 1 is 1.05 bits per heavy atom. The molecule has 1 saturated heterocycles. The third kappa shape index (κ3) is 5.55. The molecule has 1 unspecified atom stereocenters. The largest absolute Gasteiger partial charge is 0.351 e. The fourth-order valence-corrected chi connectivity index (χ4v) is 5.05. The third-order valence-electron chi connectivity index (χ3n) is 6.91. The number of aliphatic imine (C=N–C) groups is 1. The number of urea groups is 1. The topological polar surface area (TPSA) is 116 Å². The van der Waals surface area contributed by atoms with E-state index in [0.29, 0.717) is 41.9 Å². The smallest absolute Gasteiger partial charge is 0.321 e. The minimum atomic E-state index is -1.45. The van der Waals surface area contributed by atoms with Gasteiger partial charge in [0.25, 0.3) is 5.91 Å². The number of primary amides is 1. The quantitative estimate of drug-likeness (QED) is 0.630. The molecule has 1 atom stereocenters. The van der Waals surface area contributed by atoms with Crippen molar-refractivity contribution < 1.29 is 19.2 Å². The number of anilines is 2. The average Bonchev–Trinajstić information content (AvgIpc) is 2.95. The molecule has 2 aromatic carbocycles. The highest BCUT2D eigenvalue weighted by Gasteiger charge is 2.39. The molecule has 2 aliphatic rings. The van der Waals surface area contributed by atoms with E-state index >= 15 is 0 Å². The van der Waals surface area contributed by atoms with Crippen molar-refractivity contribution >= 4 is 41.2 Å². The number of likely N-dealkylation sites (tertiary alicyclic amines) is 1. The number of aldehydes is 1. The number of carbonyl (C=O) groups is 4. The third-order valence-corrected chi connectivity index (χ3v) is 6.91. The Morgan fingerprint density at radius 2 is 1.73 bits per heavy atom. The van der Waals surface area contributed by atoms with Gasteiger partial charge in [-0.05, 0) is 49.9 Å². The number of para-hydroxylation sites is 1. The molecule has 0 bridgehead atoms. The van der Waals surface area contributed by atoms with Crippen LogP contribution in [-0.4, -0.2) is 60.5 Å². The minimum Gasteiger partial charge on any atom is -0.351 e. The molecule has 4 amide bonds. The van der Waals surface area contributed by atoms with Crippen molar-refractivity contribution in [3.63, 3.8) is 0 Å². The number of nitrogens with two attached hydrogens (primary N) is 1. The second-order valence-corrected chi connectivity index (χ2v) is 9.60. The number of fused-ring (bicyclic) bond motifs is 1. The van der Waals surface area contributed by atoms with Gasteiger partial charge in [-0.3, -0.25) is 24.2 Å². The summed E-state index contributed by atoms with van der Waals surface area (Å²) in [5, 5.41) is 0. The average molecular weight is 504 g/mol. The Balaban J connectivity index is 1.80. The SMILES string of the molecule is Cc1cccc(N(C(N)=O)C2N=C(C=O)c3cccc(C)c3N(CC(=O)N3CCCCCCC3)C2=O)c1. The van der Waals surface area contributed by atoms with E-state index < -0.39 is 18.1 Å². The van der Waals surface area contributed by atoms with Crippen LogP contribution in [0.5, 0.6) is 0 Å². The number of hydrogen-bond acceptors (Lipinski definition) is 5. The van der Waals surface area contributed by atoms with Crippen molar-refractivity contribution in [3.8, 4) is 0 Å². The maximum Gasteiger partial charge on any atom is 0.321 e. The zero-order valence-corrected chi connectivity index (χ0v) is 21.4. The van der Waals surface area contributed by atoms with Crippen LogP contribution in [0.15, 0.2) is 47.5 Å². The molecule has 194 valence electrons. The lowest BCUT2D eigenvalue weighted by Gasteiger charge is -2.33. The van der Waals surface area contributed by atoms with Crippen LogP contribution in [0.1, 0.15) is 48.8 Å². The van der Waals surface area contributed by atoms with Gasteiger partial charge in [0.2, 0.25) is 12.1 Å². The Kier molecular flexibility index (Phi) is 8.01. The summed E-state index contributed by atoms with van der Waals surface area (Å²) in [7, 11) is 0. The van der Waals surface area contributed by atoms with Gasteiger partial charge in [-0.1, -0.05) is 49.6 Å². The highest BCUT2D eigenvalue weighted by atomic mass is 16.2. The lowest BCUT2D eigenvalue weighted by Crippen LogP contribution is -2.54. The fraction of sp³-hybridized carbons (Fsp3) is 0.393. The number of carbonyl (C=O) groups excluding carboxylic acids is 4. The Morgan fingerprint density at radius 3 is 2.38 bits per heavy atom. The number of benzodiazepines with no additional fused rings is 1. The molecule has 37 heavy (non-hydrogen) atoms. The van der Waals surface area contributed by atoms with E-state index in [1.165, 1.54) is 4.90 Å². The molecular weight excluding hydrogens is 470 g/mol. The van der Waals surface area contributed by atoms with Gasteiger partial charge in [-0.2, -0.15) is 0 Å². The van der Waals surface area contributed by atoms with Crippen LogP contribution in [0.4, 0.5) is 16.2 Å². The van der Waals surface area contributed by atoms with Gasteiger partial charge in [-0.25, -0.2) is 9.79 Å². The number of amides is 4. The van der Waals surface area contributed by atoms with E-state index in [9.17, 15) is 19.2 Å². The molecule has 0 aromatic heterocycles. The molecule has 1 fully saturated rings. The summed E-state index contributed by atoms with van der Waals surface area (Å²) in [6.45, 7) is 4.71. The van der Waals surface area contributed by atoms with Gasteiger partial charge in [0.05, 0.1) is 5.69 Å². The van der Waals surface area contributed by atoms with E-state index in [0.717, 1.165) is 42.6 Å². The molecule has 2 aromatic rings. The van der Waals surface area contributed by atoms with E-state index in [-0.39, 0.29) is 18.2 Å². The van der Waals surface area contributed by atoms with Crippen molar-refractivity contribution in [2.45, 2.75) is 52.1 Å². The fourth-order valence-electron chi connectivity index (χ4n) is 5.05. The molecule has 0 spiro atoms. The number of benzene rings is 2. The summed E-state index contributed by atoms with van der Waals surface area (Å²) in [6, 6.07) is 11.3. The zero-order chi connectivity index (χ0) is 26.5. The number of aryl methyl sites for hydroxylation is 2. The number of rotatable bonds is 5. The standard InChI is InChI=1S/C28H33N5O4/c1-19-10-8-12-21(16-19)33(28(29)37)26-27(36)32(17-24(35)31-14-6-4-3-5-7-15-31)25-20(2)11-9-13-22(25)23(18-34)30-26/h8-13,16,18,26H,3-7,14-15,17H2,1-2H3,(H2,29,37). The van der Waals surface area contributed by atoms with Crippen LogP contribution in [0.2, 0.25) is 0 Å². The number of hydrogen-bond donors (Lipinski definition) is 1. The van der Waals surface area contributed by atoms with E-state index in [4.69, 9.17) is 5.73 Å². The highest BCUT2D eigenvalue weighted by Crippen LogP contribution is 2.32. The highest BCUT2D eigenvalue weighted by molar-refractivity contribution is 6.39. The lowest BCUT2D eigenvalue weighted by atomic mass is 10.0. The maximum atomic E-state index is 14.1. The first kappa shape index (κ1) is 26.1. The summed E-state index contributed by atoms with van der Waals surface area (Å²) < 4.78 is 0. The van der Waals surface area contributed by atoms with Gasteiger partial charge in [0.15, 0.2) is 6.29 Å². The summed E-state index contributed by atoms with van der Waals surface area (Å²) in [6.07, 6.45) is 4.24. The summed E-state index contributed by atoms with van der Waals surface area (Å²) >= 11 is 0. The van der Waals surface area contributed by atoms with Gasteiger partial charge >= 0.3 is 6.03 Å². The second-order valence-electron chi connectivity index (χ2n) is 9.60. The number of nitrogens with zero attached hydrogens (tertiary/aromatic N) is 4. The van der Waals surface area contributed by atoms with Crippen molar-refractivity contribution in [2.75, 3.05) is 29.4 Å². The maximum absolute atomic E-state index is 14.1. The molecule has 2 N–H and O–H groups in total. The predicted molar refractivity (Wildman–Crippen MR) is 143 cm³/mol. The van der Waals surface area contributed by atoms with Gasteiger partial charge in [0, 0.05) is 24.3 Å². The van der Waals surface area contributed by atoms with Crippen molar-refractivity contribution in [3.05, 3.63) is 59.2 Å². The molecule has 2 heterocycles.